The Morgan fingerprint density at radius 3 is 2.03 bits per heavy atom. The Bertz CT molecular complexity index is 1420. The first-order valence-electron chi connectivity index (χ1n) is 13.3. The molecule has 5 rings (SSSR count). The maximum absolute atomic E-state index is 13.8. The molecule has 2 aromatic rings. The summed E-state index contributed by atoms with van der Waals surface area (Å²) in [4.78, 5) is 44.3. The van der Waals surface area contributed by atoms with E-state index in [1.807, 2.05) is 25.1 Å². The summed E-state index contributed by atoms with van der Waals surface area (Å²) in [5.41, 5.74) is 3.75. The summed E-state index contributed by atoms with van der Waals surface area (Å²) >= 11 is 0. The van der Waals surface area contributed by atoms with Gasteiger partial charge in [-0.05, 0) is 47.6 Å². The van der Waals surface area contributed by atoms with Crippen molar-refractivity contribution in [2.24, 2.45) is 10.8 Å². The first kappa shape index (κ1) is 26.9. The number of aromatic nitrogens is 1. The number of ketones is 2. The Hall–Kier alpha value is -3.74. The van der Waals surface area contributed by atoms with Crippen molar-refractivity contribution < 1.29 is 28.6 Å². The fraction of sp³-hybridized carbons (Fsp3) is 0.438. The average molecular weight is 530 g/mol. The number of nitrogens with zero attached hydrogens (tertiary/aromatic N) is 1. The maximum Gasteiger partial charge on any atom is 0.356 e. The number of pyridine rings is 1. The van der Waals surface area contributed by atoms with E-state index in [0.717, 1.165) is 16.7 Å². The SMILES string of the molecule is COC(=O)c1cccc(-c2ccc(OC)c(C3C4=C(CC(C)(C)CC4=O)OC4=C3C(=O)CC(C)(C)C4)c2C)n1. The van der Waals surface area contributed by atoms with Crippen LogP contribution in [0.2, 0.25) is 0 Å². The van der Waals surface area contributed by atoms with Crippen molar-refractivity contribution >= 4 is 17.5 Å². The van der Waals surface area contributed by atoms with Gasteiger partial charge in [-0.25, -0.2) is 9.78 Å². The van der Waals surface area contributed by atoms with Crippen LogP contribution >= 0.6 is 0 Å². The fourth-order valence-corrected chi connectivity index (χ4v) is 6.28. The predicted molar refractivity (Wildman–Crippen MR) is 146 cm³/mol. The first-order valence-corrected chi connectivity index (χ1v) is 13.3. The summed E-state index contributed by atoms with van der Waals surface area (Å²) in [7, 11) is 2.91. The summed E-state index contributed by atoms with van der Waals surface area (Å²) in [5.74, 6) is 0.756. The topological polar surface area (TPSA) is 91.8 Å². The largest absolute Gasteiger partial charge is 0.496 e. The standard InChI is InChI=1S/C32H35NO6/c1-17-18(19-9-8-10-20(33-19)30(36)38-7)11-12-23(37-6)26(17)29-27-21(34)13-31(2,3)15-24(27)39-25-16-32(4,5)14-22(35)28(25)29/h8-12,29H,13-16H2,1-7H3. The van der Waals surface area contributed by atoms with Crippen LogP contribution in [0.15, 0.2) is 53.0 Å². The van der Waals surface area contributed by atoms with Gasteiger partial charge in [-0.1, -0.05) is 33.8 Å². The second-order valence-corrected chi connectivity index (χ2v) is 12.3. The lowest BCUT2D eigenvalue weighted by molar-refractivity contribution is -0.120. The van der Waals surface area contributed by atoms with E-state index in [9.17, 15) is 14.4 Å². The summed E-state index contributed by atoms with van der Waals surface area (Å²) < 4.78 is 17.2. The second-order valence-electron chi connectivity index (χ2n) is 12.3. The van der Waals surface area contributed by atoms with Crippen molar-refractivity contribution in [2.75, 3.05) is 14.2 Å². The number of hydrogen-bond donors (Lipinski definition) is 0. The zero-order valence-electron chi connectivity index (χ0n) is 23.7. The molecule has 0 spiro atoms. The molecule has 2 heterocycles. The highest BCUT2D eigenvalue weighted by Gasteiger charge is 2.49. The van der Waals surface area contributed by atoms with E-state index in [-0.39, 0.29) is 28.1 Å². The van der Waals surface area contributed by atoms with Crippen LogP contribution in [0.1, 0.15) is 80.9 Å². The lowest BCUT2D eigenvalue weighted by Gasteiger charge is -2.43. The zero-order chi connectivity index (χ0) is 28.3. The normalized spacial score (nSPS) is 20.3. The number of methoxy groups -OCH3 is 2. The van der Waals surface area contributed by atoms with Crippen molar-refractivity contribution in [2.45, 2.75) is 66.2 Å². The minimum absolute atomic E-state index is 0.00639. The summed E-state index contributed by atoms with van der Waals surface area (Å²) in [6, 6.07) is 8.92. The van der Waals surface area contributed by atoms with E-state index in [4.69, 9.17) is 14.2 Å². The molecule has 0 saturated heterocycles. The van der Waals surface area contributed by atoms with Crippen LogP contribution < -0.4 is 4.74 Å². The molecule has 0 bridgehead atoms. The van der Waals surface area contributed by atoms with E-state index in [1.165, 1.54) is 7.11 Å². The molecule has 0 unspecified atom stereocenters. The molecule has 0 saturated carbocycles. The van der Waals surface area contributed by atoms with Crippen molar-refractivity contribution in [1.29, 1.82) is 0 Å². The Morgan fingerprint density at radius 1 is 0.897 bits per heavy atom. The second kappa shape index (κ2) is 9.47. The molecule has 0 radical (unpaired) electrons. The molecule has 2 aliphatic carbocycles. The number of hydrogen-bond acceptors (Lipinski definition) is 7. The molecule has 1 aromatic carbocycles. The Labute approximate surface area is 229 Å². The number of carbonyl (C=O) groups is 3. The number of benzene rings is 1. The third kappa shape index (κ3) is 4.68. The Morgan fingerprint density at radius 2 is 1.49 bits per heavy atom. The van der Waals surface area contributed by atoms with Crippen molar-refractivity contribution in [3.8, 4) is 17.0 Å². The van der Waals surface area contributed by atoms with Gasteiger partial charge in [0.1, 0.15) is 23.0 Å². The average Bonchev–Trinajstić information content (AvgIpc) is 2.85. The van der Waals surface area contributed by atoms with E-state index >= 15 is 0 Å². The highest BCUT2D eigenvalue weighted by atomic mass is 16.5. The van der Waals surface area contributed by atoms with E-state index in [1.54, 1.807) is 19.2 Å². The van der Waals surface area contributed by atoms with Crippen LogP contribution in [-0.2, 0) is 19.1 Å². The van der Waals surface area contributed by atoms with Gasteiger partial charge in [0.15, 0.2) is 11.6 Å². The maximum atomic E-state index is 13.8. The number of Topliss-reactive ketones (excluding diaryl/α,β-unsaturated/α-hetero) is 2. The molecule has 7 heteroatoms. The molecule has 1 aliphatic heterocycles. The monoisotopic (exact) mass is 529 g/mol. The van der Waals surface area contributed by atoms with Crippen molar-refractivity contribution in [3.05, 3.63) is 69.8 Å². The number of carbonyl (C=O) groups excluding carboxylic acids is 3. The lowest BCUT2D eigenvalue weighted by Crippen LogP contribution is -2.38. The first-order chi connectivity index (χ1) is 18.4. The van der Waals surface area contributed by atoms with Crippen LogP contribution in [0.4, 0.5) is 0 Å². The van der Waals surface area contributed by atoms with E-state index < -0.39 is 11.9 Å². The molecule has 204 valence electrons. The molecule has 0 atom stereocenters. The molecule has 3 aliphatic rings. The molecule has 1 aromatic heterocycles. The van der Waals surface area contributed by atoms with Crippen LogP contribution in [-0.4, -0.2) is 36.7 Å². The number of esters is 1. The van der Waals surface area contributed by atoms with E-state index in [2.05, 4.69) is 32.7 Å². The zero-order valence-corrected chi connectivity index (χ0v) is 23.7. The predicted octanol–water partition coefficient (Wildman–Crippen LogP) is 6.25. The Kier molecular flexibility index (Phi) is 6.52. The molecule has 39 heavy (non-hydrogen) atoms. The Balaban J connectivity index is 1.77. The molecule has 0 N–H and O–H groups in total. The summed E-state index contributed by atoms with van der Waals surface area (Å²) in [6.45, 7) is 10.2. The van der Waals surface area contributed by atoms with Gasteiger partial charge in [-0.2, -0.15) is 0 Å². The number of rotatable bonds is 4. The molecule has 0 fully saturated rings. The minimum atomic E-state index is -0.602. The highest BCUT2D eigenvalue weighted by Crippen LogP contribution is 2.55. The van der Waals surface area contributed by atoms with Gasteiger partial charge in [0.25, 0.3) is 0 Å². The summed E-state index contributed by atoms with van der Waals surface area (Å²) in [6.07, 6.45) is 1.97. The number of allylic oxidation sites excluding steroid dienone is 4. The van der Waals surface area contributed by atoms with Gasteiger partial charge in [0, 0.05) is 48.0 Å². The van der Waals surface area contributed by atoms with Gasteiger partial charge in [-0.3, -0.25) is 9.59 Å². The molecular formula is C32H35NO6. The quantitative estimate of drug-likeness (QED) is 0.432. The van der Waals surface area contributed by atoms with Gasteiger partial charge in [0.05, 0.1) is 25.8 Å². The minimum Gasteiger partial charge on any atom is -0.496 e. The summed E-state index contributed by atoms with van der Waals surface area (Å²) in [5, 5.41) is 0. The lowest BCUT2D eigenvalue weighted by atomic mass is 9.65. The van der Waals surface area contributed by atoms with Crippen molar-refractivity contribution in [3.63, 3.8) is 0 Å². The van der Waals surface area contributed by atoms with Crippen molar-refractivity contribution in [1.82, 2.24) is 4.98 Å². The van der Waals surface area contributed by atoms with Crippen LogP contribution in [0.5, 0.6) is 5.75 Å². The van der Waals surface area contributed by atoms with Crippen LogP contribution in [0.3, 0.4) is 0 Å². The smallest absolute Gasteiger partial charge is 0.356 e. The molecule has 7 nitrogen and oxygen atoms in total. The third-order valence-corrected chi connectivity index (χ3v) is 7.98. The fourth-order valence-electron chi connectivity index (χ4n) is 6.28. The highest BCUT2D eigenvalue weighted by molar-refractivity contribution is 6.06. The van der Waals surface area contributed by atoms with Crippen LogP contribution in [0.25, 0.3) is 11.3 Å². The van der Waals surface area contributed by atoms with Crippen LogP contribution in [0, 0.1) is 17.8 Å². The number of ether oxygens (including phenoxy) is 3. The molecule has 0 amide bonds. The van der Waals surface area contributed by atoms with Gasteiger partial charge in [0.2, 0.25) is 0 Å². The molecular weight excluding hydrogens is 494 g/mol. The van der Waals surface area contributed by atoms with Gasteiger partial charge in [-0.15, -0.1) is 0 Å². The van der Waals surface area contributed by atoms with Gasteiger partial charge < -0.3 is 14.2 Å². The van der Waals surface area contributed by atoms with Gasteiger partial charge >= 0.3 is 5.97 Å². The van der Waals surface area contributed by atoms with E-state index in [0.29, 0.717) is 59.8 Å². The third-order valence-electron chi connectivity index (χ3n) is 7.98.